The van der Waals surface area contributed by atoms with Gasteiger partial charge in [-0.05, 0) is 44.9 Å². The monoisotopic (exact) mass is 262 g/mol. The Kier molecular flexibility index (Phi) is 5.23. The first kappa shape index (κ1) is 14.9. The van der Waals surface area contributed by atoms with Crippen molar-refractivity contribution >= 4 is 11.7 Å². The van der Waals surface area contributed by atoms with Crippen LogP contribution in [0, 0.1) is 13.8 Å². The molecule has 0 radical (unpaired) electrons. The van der Waals surface area contributed by atoms with Crippen molar-refractivity contribution in [1.82, 2.24) is 0 Å². The Bertz CT molecular complexity index is 529. The summed E-state index contributed by atoms with van der Waals surface area (Å²) < 4.78 is 4.80. The molecule has 0 heterocycles. The maximum absolute atomic E-state index is 11.6. The van der Waals surface area contributed by atoms with Gasteiger partial charge in [-0.3, -0.25) is 0 Å². The van der Waals surface area contributed by atoms with Crippen LogP contribution in [-0.4, -0.2) is 17.7 Å². The van der Waals surface area contributed by atoms with E-state index in [2.05, 4.69) is 10.2 Å². The van der Waals surface area contributed by atoms with E-state index in [9.17, 15) is 9.90 Å². The molecule has 1 N–H and O–H groups in total. The number of carbonyl (C=O) groups is 1. The average Bonchev–Trinajstić information content (AvgIpc) is 2.34. The van der Waals surface area contributed by atoms with Crippen LogP contribution in [0.4, 0.5) is 5.69 Å². The number of esters is 1. The highest BCUT2D eigenvalue weighted by molar-refractivity contribution is 5.88. The first-order valence-corrected chi connectivity index (χ1v) is 6.02. The summed E-state index contributed by atoms with van der Waals surface area (Å²) in [7, 11) is 0. The minimum absolute atomic E-state index is 0.178. The molecule has 0 fully saturated rings. The molecule has 0 bridgehead atoms. The Morgan fingerprint density at radius 3 is 2.63 bits per heavy atom. The zero-order chi connectivity index (χ0) is 14.4. The number of aliphatic hydroxyl groups excluding tert-OH is 1. The van der Waals surface area contributed by atoms with Gasteiger partial charge in [0.05, 0.1) is 12.3 Å². The summed E-state index contributed by atoms with van der Waals surface area (Å²) in [6.45, 7) is 7.16. The van der Waals surface area contributed by atoms with Crippen molar-refractivity contribution in [3.63, 3.8) is 0 Å². The van der Waals surface area contributed by atoms with E-state index < -0.39 is 5.97 Å². The Labute approximate surface area is 112 Å². The highest BCUT2D eigenvalue weighted by atomic mass is 16.5. The van der Waals surface area contributed by atoms with Crippen LogP contribution in [0.15, 0.2) is 39.9 Å². The predicted octanol–water partition coefficient (Wildman–Crippen LogP) is 3.74. The van der Waals surface area contributed by atoms with Crippen LogP contribution in [0.25, 0.3) is 0 Å². The second-order valence-corrected chi connectivity index (χ2v) is 4.07. The van der Waals surface area contributed by atoms with Crippen LogP contribution in [0.5, 0.6) is 0 Å². The van der Waals surface area contributed by atoms with E-state index in [-0.39, 0.29) is 18.1 Å². The molecular weight excluding hydrogens is 244 g/mol. The third kappa shape index (κ3) is 3.91. The first-order valence-electron chi connectivity index (χ1n) is 6.02. The van der Waals surface area contributed by atoms with Crippen LogP contribution in [0.2, 0.25) is 0 Å². The van der Waals surface area contributed by atoms with Gasteiger partial charge in [0.25, 0.3) is 0 Å². The van der Waals surface area contributed by atoms with E-state index in [0.29, 0.717) is 5.69 Å². The molecule has 0 amide bonds. The SMILES string of the molecule is CCOC(=O)/C(N=Nc1cccc(C)c1C)=C(/C)O. The third-order valence-electron chi connectivity index (χ3n) is 2.65. The van der Waals surface area contributed by atoms with Gasteiger partial charge >= 0.3 is 5.97 Å². The highest BCUT2D eigenvalue weighted by Crippen LogP contribution is 2.22. The maximum Gasteiger partial charge on any atom is 0.362 e. The number of benzene rings is 1. The molecule has 0 aliphatic heterocycles. The summed E-state index contributed by atoms with van der Waals surface area (Å²) in [6.07, 6.45) is 0. The van der Waals surface area contributed by atoms with E-state index in [0.717, 1.165) is 11.1 Å². The molecule has 19 heavy (non-hydrogen) atoms. The van der Waals surface area contributed by atoms with Gasteiger partial charge in [-0.25, -0.2) is 4.79 Å². The van der Waals surface area contributed by atoms with E-state index in [1.165, 1.54) is 6.92 Å². The molecule has 0 unspecified atom stereocenters. The lowest BCUT2D eigenvalue weighted by Gasteiger charge is -2.04. The van der Waals surface area contributed by atoms with Crippen LogP contribution in [0.3, 0.4) is 0 Å². The van der Waals surface area contributed by atoms with E-state index in [1.807, 2.05) is 26.0 Å². The molecule has 0 saturated heterocycles. The minimum Gasteiger partial charge on any atom is -0.510 e. The van der Waals surface area contributed by atoms with Crippen LogP contribution >= 0.6 is 0 Å². The first-order chi connectivity index (χ1) is 8.97. The number of allylic oxidation sites excluding steroid dienone is 1. The summed E-state index contributed by atoms with van der Waals surface area (Å²) in [5.41, 5.74) is 2.54. The van der Waals surface area contributed by atoms with Gasteiger partial charge in [0.2, 0.25) is 5.70 Å². The Morgan fingerprint density at radius 1 is 1.37 bits per heavy atom. The second kappa shape index (κ2) is 6.68. The van der Waals surface area contributed by atoms with E-state index in [1.54, 1.807) is 13.0 Å². The predicted molar refractivity (Wildman–Crippen MR) is 72.4 cm³/mol. The lowest BCUT2D eigenvalue weighted by molar-refractivity contribution is -0.138. The summed E-state index contributed by atoms with van der Waals surface area (Å²) in [4.78, 5) is 11.6. The molecule has 0 aliphatic rings. The average molecular weight is 262 g/mol. The number of aryl methyl sites for hydroxylation is 1. The van der Waals surface area contributed by atoms with E-state index >= 15 is 0 Å². The van der Waals surface area contributed by atoms with Gasteiger partial charge in [0, 0.05) is 0 Å². The fraction of sp³-hybridized carbons (Fsp3) is 0.357. The summed E-state index contributed by atoms with van der Waals surface area (Å²) in [5, 5.41) is 17.2. The number of azo groups is 1. The molecule has 0 aromatic heterocycles. The third-order valence-corrected chi connectivity index (χ3v) is 2.65. The van der Waals surface area contributed by atoms with Crippen molar-refractivity contribution in [2.75, 3.05) is 6.61 Å². The van der Waals surface area contributed by atoms with E-state index in [4.69, 9.17) is 4.74 Å². The van der Waals surface area contributed by atoms with Crippen LogP contribution in [-0.2, 0) is 9.53 Å². The topological polar surface area (TPSA) is 71.2 Å². The van der Waals surface area contributed by atoms with Gasteiger partial charge < -0.3 is 9.84 Å². The number of rotatable bonds is 4. The smallest absolute Gasteiger partial charge is 0.362 e. The van der Waals surface area contributed by atoms with Crippen molar-refractivity contribution in [2.24, 2.45) is 10.2 Å². The highest BCUT2D eigenvalue weighted by Gasteiger charge is 2.14. The zero-order valence-electron chi connectivity index (χ0n) is 11.6. The number of aliphatic hydroxyl groups is 1. The lowest BCUT2D eigenvalue weighted by atomic mass is 10.1. The molecule has 1 rings (SSSR count). The Balaban J connectivity index is 3.04. The van der Waals surface area contributed by atoms with Crippen molar-refractivity contribution < 1.29 is 14.6 Å². The number of hydrogen-bond donors (Lipinski definition) is 1. The molecule has 1 aromatic rings. The van der Waals surface area contributed by atoms with Crippen molar-refractivity contribution in [3.05, 3.63) is 40.8 Å². The number of ether oxygens (including phenoxy) is 1. The molecule has 0 aliphatic carbocycles. The standard InChI is InChI=1S/C14H18N2O3/c1-5-19-14(18)13(11(4)17)16-15-12-8-6-7-9(2)10(12)3/h6-8,17H,5H2,1-4H3/b13-11+,16-15?. The summed E-state index contributed by atoms with van der Waals surface area (Å²) in [5.74, 6) is -0.899. The zero-order valence-corrected chi connectivity index (χ0v) is 11.6. The van der Waals surface area contributed by atoms with Gasteiger partial charge in [0.15, 0.2) is 0 Å². The Hall–Kier alpha value is -2.17. The van der Waals surface area contributed by atoms with Crippen LogP contribution < -0.4 is 0 Å². The lowest BCUT2D eigenvalue weighted by Crippen LogP contribution is -2.07. The molecular formula is C14H18N2O3. The largest absolute Gasteiger partial charge is 0.510 e. The molecule has 1 aromatic carbocycles. The minimum atomic E-state index is -0.684. The Morgan fingerprint density at radius 2 is 2.05 bits per heavy atom. The molecule has 102 valence electrons. The molecule has 0 spiro atoms. The maximum atomic E-state index is 11.6. The number of carbonyl (C=O) groups excluding carboxylic acids is 1. The summed E-state index contributed by atoms with van der Waals surface area (Å²) >= 11 is 0. The molecule has 0 atom stereocenters. The normalized spacial score (nSPS) is 12.4. The fourth-order valence-electron chi connectivity index (χ4n) is 1.41. The van der Waals surface area contributed by atoms with Crippen LogP contribution in [0.1, 0.15) is 25.0 Å². The van der Waals surface area contributed by atoms with Gasteiger partial charge in [0.1, 0.15) is 5.76 Å². The quantitative estimate of drug-likeness (QED) is 0.389. The fourth-order valence-corrected chi connectivity index (χ4v) is 1.41. The molecule has 0 saturated carbocycles. The van der Waals surface area contributed by atoms with Gasteiger partial charge in [-0.2, -0.15) is 0 Å². The second-order valence-electron chi connectivity index (χ2n) is 4.07. The van der Waals surface area contributed by atoms with Crippen molar-refractivity contribution in [1.29, 1.82) is 0 Å². The molecule has 5 nitrogen and oxygen atoms in total. The van der Waals surface area contributed by atoms with Crippen molar-refractivity contribution in [2.45, 2.75) is 27.7 Å². The van der Waals surface area contributed by atoms with Gasteiger partial charge in [-0.15, -0.1) is 10.2 Å². The number of hydrogen-bond acceptors (Lipinski definition) is 5. The number of nitrogens with zero attached hydrogens (tertiary/aromatic N) is 2. The van der Waals surface area contributed by atoms with Crippen molar-refractivity contribution in [3.8, 4) is 0 Å². The summed E-state index contributed by atoms with van der Waals surface area (Å²) in [6, 6.07) is 5.62. The molecule has 5 heteroatoms. The van der Waals surface area contributed by atoms with Gasteiger partial charge in [-0.1, -0.05) is 12.1 Å².